The highest BCUT2D eigenvalue weighted by Gasteiger charge is 2.28. The van der Waals surface area contributed by atoms with Gasteiger partial charge in [-0.3, -0.25) is 0 Å². The lowest BCUT2D eigenvalue weighted by Crippen LogP contribution is -2.43. The zero-order valence-corrected chi connectivity index (χ0v) is 10.8. The molecule has 0 radical (unpaired) electrons. The SMILES string of the molecule is CCNc1ncc(F)c(NC2(C)CCCOC2)n1. The van der Waals surface area contributed by atoms with Gasteiger partial charge in [-0.2, -0.15) is 4.98 Å². The summed E-state index contributed by atoms with van der Waals surface area (Å²) in [5, 5.41) is 6.10. The molecule has 18 heavy (non-hydrogen) atoms. The first kappa shape index (κ1) is 13.0. The van der Waals surface area contributed by atoms with Crippen LogP contribution in [0.4, 0.5) is 16.2 Å². The summed E-state index contributed by atoms with van der Waals surface area (Å²) in [5.41, 5.74) is -0.267. The molecule has 0 spiro atoms. The molecule has 1 saturated heterocycles. The molecule has 0 aliphatic carbocycles. The lowest BCUT2D eigenvalue weighted by atomic mass is 9.95. The molecular weight excluding hydrogens is 235 g/mol. The normalized spacial score (nSPS) is 23.7. The largest absolute Gasteiger partial charge is 0.379 e. The van der Waals surface area contributed by atoms with Crippen LogP contribution < -0.4 is 10.6 Å². The molecule has 1 fully saturated rings. The smallest absolute Gasteiger partial charge is 0.224 e. The van der Waals surface area contributed by atoms with Gasteiger partial charge in [0.1, 0.15) is 0 Å². The molecule has 1 atom stereocenters. The predicted molar refractivity (Wildman–Crippen MR) is 68.2 cm³/mol. The van der Waals surface area contributed by atoms with Crippen LogP contribution in [0.25, 0.3) is 0 Å². The molecule has 5 nitrogen and oxygen atoms in total. The number of ether oxygens (including phenoxy) is 1. The molecule has 1 unspecified atom stereocenters. The lowest BCUT2D eigenvalue weighted by molar-refractivity contribution is 0.0537. The van der Waals surface area contributed by atoms with Crippen LogP contribution in [0.3, 0.4) is 0 Å². The quantitative estimate of drug-likeness (QED) is 0.861. The second-order valence-electron chi connectivity index (χ2n) is 4.76. The van der Waals surface area contributed by atoms with Crippen LogP contribution >= 0.6 is 0 Å². The van der Waals surface area contributed by atoms with Gasteiger partial charge in [0.15, 0.2) is 11.6 Å². The highest BCUT2D eigenvalue weighted by Crippen LogP contribution is 2.24. The van der Waals surface area contributed by atoms with E-state index >= 15 is 0 Å². The number of hydrogen-bond donors (Lipinski definition) is 2. The Labute approximate surface area is 106 Å². The Balaban J connectivity index is 2.14. The van der Waals surface area contributed by atoms with E-state index in [4.69, 9.17) is 4.74 Å². The number of hydrogen-bond acceptors (Lipinski definition) is 5. The number of halogens is 1. The second kappa shape index (κ2) is 5.48. The molecule has 2 heterocycles. The molecule has 1 aromatic heterocycles. The highest BCUT2D eigenvalue weighted by molar-refractivity contribution is 5.43. The number of rotatable bonds is 4. The maximum absolute atomic E-state index is 13.7. The van der Waals surface area contributed by atoms with Crippen LogP contribution in [0.5, 0.6) is 0 Å². The van der Waals surface area contributed by atoms with Crippen molar-refractivity contribution in [1.29, 1.82) is 0 Å². The Morgan fingerprint density at radius 3 is 3.06 bits per heavy atom. The van der Waals surface area contributed by atoms with Crippen LogP contribution in [-0.4, -0.2) is 35.3 Å². The van der Waals surface area contributed by atoms with E-state index in [0.717, 1.165) is 19.4 Å². The molecule has 0 saturated carbocycles. The molecule has 2 N–H and O–H groups in total. The minimum absolute atomic E-state index is 0.231. The average Bonchev–Trinajstić information content (AvgIpc) is 2.34. The first-order valence-corrected chi connectivity index (χ1v) is 6.25. The number of nitrogens with one attached hydrogen (secondary N) is 2. The molecule has 0 bridgehead atoms. The summed E-state index contributed by atoms with van der Waals surface area (Å²) in [6, 6.07) is 0. The summed E-state index contributed by atoms with van der Waals surface area (Å²) in [6.07, 6.45) is 3.09. The van der Waals surface area contributed by atoms with E-state index in [2.05, 4.69) is 20.6 Å². The predicted octanol–water partition coefficient (Wildman–Crippen LogP) is 2.03. The van der Waals surface area contributed by atoms with Crippen molar-refractivity contribution in [3.8, 4) is 0 Å². The van der Waals surface area contributed by atoms with Crippen LogP contribution in [0.1, 0.15) is 26.7 Å². The van der Waals surface area contributed by atoms with Gasteiger partial charge in [0.25, 0.3) is 0 Å². The monoisotopic (exact) mass is 254 g/mol. The maximum atomic E-state index is 13.7. The molecule has 6 heteroatoms. The van der Waals surface area contributed by atoms with Gasteiger partial charge in [0.2, 0.25) is 5.95 Å². The third-order valence-corrected chi connectivity index (χ3v) is 2.94. The molecule has 0 amide bonds. The van der Waals surface area contributed by atoms with Crippen LogP contribution in [0.2, 0.25) is 0 Å². The summed E-state index contributed by atoms with van der Waals surface area (Å²) in [4.78, 5) is 8.01. The number of aromatic nitrogens is 2. The molecule has 1 aliphatic rings. The van der Waals surface area contributed by atoms with Crippen molar-refractivity contribution < 1.29 is 9.13 Å². The van der Waals surface area contributed by atoms with Crippen molar-refractivity contribution in [2.24, 2.45) is 0 Å². The minimum atomic E-state index is -0.441. The van der Waals surface area contributed by atoms with Gasteiger partial charge < -0.3 is 15.4 Å². The van der Waals surface area contributed by atoms with Gasteiger partial charge in [0.05, 0.1) is 18.3 Å². The van der Waals surface area contributed by atoms with E-state index in [0.29, 0.717) is 19.1 Å². The molecule has 1 aliphatic heterocycles. The minimum Gasteiger partial charge on any atom is -0.379 e. The second-order valence-corrected chi connectivity index (χ2v) is 4.76. The third kappa shape index (κ3) is 3.07. The highest BCUT2D eigenvalue weighted by atomic mass is 19.1. The zero-order chi connectivity index (χ0) is 13.0. The fraction of sp³-hybridized carbons (Fsp3) is 0.667. The van der Waals surface area contributed by atoms with Gasteiger partial charge >= 0.3 is 0 Å². The third-order valence-electron chi connectivity index (χ3n) is 2.94. The van der Waals surface area contributed by atoms with E-state index in [9.17, 15) is 4.39 Å². The van der Waals surface area contributed by atoms with E-state index < -0.39 is 5.82 Å². The average molecular weight is 254 g/mol. The van der Waals surface area contributed by atoms with Crippen molar-refractivity contribution >= 4 is 11.8 Å². The Kier molecular flexibility index (Phi) is 3.96. The topological polar surface area (TPSA) is 59.1 Å². The van der Waals surface area contributed by atoms with Crippen molar-refractivity contribution in [3.05, 3.63) is 12.0 Å². The van der Waals surface area contributed by atoms with Gasteiger partial charge in [-0.15, -0.1) is 0 Å². The summed E-state index contributed by atoms with van der Waals surface area (Å²) >= 11 is 0. The Morgan fingerprint density at radius 2 is 2.39 bits per heavy atom. The van der Waals surface area contributed by atoms with Gasteiger partial charge in [0, 0.05) is 13.2 Å². The zero-order valence-electron chi connectivity index (χ0n) is 10.8. The molecule has 1 aromatic rings. The van der Waals surface area contributed by atoms with E-state index in [1.165, 1.54) is 6.20 Å². The van der Waals surface area contributed by atoms with Gasteiger partial charge in [-0.1, -0.05) is 0 Å². The lowest BCUT2D eigenvalue weighted by Gasteiger charge is -2.34. The van der Waals surface area contributed by atoms with Crippen LogP contribution in [0, 0.1) is 5.82 Å². The van der Waals surface area contributed by atoms with Crippen LogP contribution in [0.15, 0.2) is 6.20 Å². The fourth-order valence-electron chi connectivity index (χ4n) is 2.02. The Bertz CT molecular complexity index is 407. The van der Waals surface area contributed by atoms with E-state index in [1.807, 2.05) is 13.8 Å². The van der Waals surface area contributed by atoms with Crippen molar-refractivity contribution in [1.82, 2.24) is 9.97 Å². The first-order chi connectivity index (χ1) is 8.63. The Hall–Kier alpha value is -1.43. The van der Waals surface area contributed by atoms with Crippen LogP contribution in [-0.2, 0) is 4.74 Å². The number of anilines is 2. The molecule has 2 rings (SSSR count). The van der Waals surface area contributed by atoms with E-state index in [1.54, 1.807) is 0 Å². The fourth-order valence-corrected chi connectivity index (χ4v) is 2.02. The van der Waals surface area contributed by atoms with E-state index in [-0.39, 0.29) is 11.4 Å². The molecule has 100 valence electrons. The summed E-state index contributed by atoms with van der Waals surface area (Å²) < 4.78 is 19.1. The Morgan fingerprint density at radius 1 is 1.56 bits per heavy atom. The molecular formula is C12H19FN4O. The summed E-state index contributed by atoms with van der Waals surface area (Å²) in [7, 11) is 0. The van der Waals surface area contributed by atoms with Gasteiger partial charge in [-0.05, 0) is 26.7 Å². The number of nitrogens with zero attached hydrogens (tertiary/aromatic N) is 2. The summed E-state index contributed by atoms with van der Waals surface area (Å²) in [5.74, 6) is 0.221. The standard InChI is InChI=1S/C12H19FN4O/c1-3-14-11-15-7-9(13)10(16-11)17-12(2)5-4-6-18-8-12/h7H,3-6,8H2,1-2H3,(H2,14,15,16,17). The van der Waals surface area contributed by atoms with Crippen molar-refractivity contribution in [2.45, 2.75) is 32.2 Å². The molecule has 0 aromatic carbocycles. The maximum Gasteiger partial charge on any atom is 0.224 e. The first-order valence-electron chi connectivity index (χ1n) is 6.25. The summed E-state index contributed by atoms with van der Waals surface area (Å²) in [6.45, 7) is 5.99. The van der Waals surface area contributed by atoms with Gasteiger partial charge in [-0.25, -0.2) is 9.37 Å². The van der Waals surface area contributed by atoms with Crippen molar-refractivity contribution in [3.63, 3.8) is 0 Å². The van der Waals surface area contributed by atoms with Crippen molar-refractivity contribution in [2.75, 3.05) is 30.4 Å².